The van der Waals surface area contributed by atoms with Crippen molar-refractivity contribution in [3.05, 3.63) is 0 Å². The Kier molecular flexibility index (Phi) is 5.79. The number of hydrogen-bond donors (Lipinski definition) is 2. The van der Waals surface area contributed by atoms with E-state index in [0.29, 0.717) is 0 Å². The molecule has 0 heterocycles. The van der Waals surface area contributed by atoms with Crippen LogP contribution in [0.4, 0.5) is 4.79 Å². The van der Waals surface area contributed by atoms with Crippen LogP contribution in [0, 0.1) is 0 Å². The van der Waals surface area contributed by atoms with Gasteiger partial charge in [0.2, 0.25) is 0 Å². The van der Waals surface area contributed by atoms with Crippen molar-refractivity contribution >= 4 is 6.09 Å². The highest BCUT2D eigenvalue weighted by Crippen LogP contribution is 2.14. The molecule has 0 radical (unpaired) electrons. The normalized spacial score (nSPS) is 14.6. The number of alkyl carbamates (subject to hydrolysis) is 1. The third-order valence-electron chi connectivity index (χ3n) is 1.42. The molecule has 0 atom stereocenters. The Bertz CT molecular complexity index is 209. The first-order valence-corrected chi connectivity index (χ1v) is 5.79. The fraction of sp³-hybridized carbons (Fsp3) is 0.917. The standard InChI is InChI=1S/C9H19NO3.C3H6/c1-8(2,3)13-7(11)10-6-9(4,5)12;1-2-3-1/h12H,6H2,1-5H3,(H,10,11);1-3H2. The van der Waals surface area contributed by atoms with Crippen LogP contribution in [0.2, 0.25) is 0 Å². The summed E-state index contributed by atoms with van der Waals surface area (Å²) in [7, 11) is 0. The van der Waals surface area contributed by atoms with Crippen molar-refractivity contribution < 1.29 is 14.6 Å². The van der Waals surface area contributed by atoms with Crippen LogP contribution in [0.25, 0.3) is 0 Å². The van der Waals surface area contributed by atoms with Gasteiger partial charge in [-0.2, -0.15) is 0 Å². The van der Waals surface area contributed by atoms with E-state index in [1.807, 2.05) is 0 Å². The molecule has 2 N–H and O–H groups in total. The first-order chi connectivity index (χ1) is 7.10. The van der Waals surface area contributed by atoms with Gasteiger partial charge in [-0.3, -0.25) is 0 Å². The molecule has 1 saturated carbocycles. The third-order valence-corrected chi connectivity index (χ3v) is 1.42. The van der Waals surface area contributed by atoms with Gasteiger partial charge < -0.3 is 15.2 Å². The Morgan fingerprint density at radius 3 is 1.88 bits per heavy atom. The van der Waals surface area contributed by atoms with Crippen LogP contribution in [0.1, 0.15) is 53.9 Å². The van der Waals surface area contributed by atoms with Crippen LogP contribution >= 0.6 is 0 Å². The molecule has 4 nitrogen and oxygen atoms in total. The number of nitrogens with one attached hydrogen (secondary N) is 1. The zero-order chi connectivity index (χ0) is 12.8. The molecular weight excluding hydrogens is 206 g/mol. The van der Waals surface area contributed by atoms with E-state index in [4.69, 9.17) is 4.74 Å². The second-order valence-corrected chi connectivity index (χ2v) is 5.73. The number of hydrogen-bond acceptors (Lipinski definition) is 3. The summed E-state index contributed by atoms with van der Waals surface area (Å²) in [6, 6.07) is 0. The summed E-state index contributed by atoms with van der Waals surface area (Å²) in [5.41, 5.74) is -1.40. The molecule has 16 heavy (non-hydrogen) atoms. The summed E-state index contributed by atoms with van der Waals surface area (Å²) < 4.78 is 4.97. The molecule has 0 saturated heterocycles. The maximum atomic E-state index is 11.1. The molecule has 0 aromatic carbocycles. The number of ether oxygens (including phenoxy) is 1. The average Bonchev–Trinajstić information content (AvgIpc) is 2.81. The zero-order valence-corrected chi connectivity index (χ0v) is 11.1. The summed E-state index contributed by atoms with van der Waals surface area (Å²) in [6.07, 6.45) is 4.00. The van der Waals surface area contributed by atoms with Crippen molar-refractivity contribution in [2.45, 2.75) is 65.1 Å². The zero-order valence-electron chi connectivity index (χ0n) is 11.1. The van der Waals surface area contributed by atoms with Gasteiger partial charge in [-0.1, -0.05) is 19.3 Å². The van der Waals surface area contributed by atoms with Crippen molar-refractivity contribution in [3.63, 3.8) is 0 Å². The van der Waals surface area contributed by atoms with Gasteiger partial charge in [0.05, 0.1) is 5.60 Å². The molecule has 1 rings (SSSR count). The first kappa shape index (κ1) is 15.2. The summed E-state index contributed by atoms with van der Waals surface area (Å²) in [5.74, 6) is 0. The minimum atomic E-state index is -0.906. The van der Waals surface area contributed by atoms with Gasteiger partial charge in [-0.15, -0.1) is 0 Å². The summed E-state index contributed by atoms with van der Waals surface area (Å²) in [4.78, 5) is 11.1. The minimum Gasteiger partial charge on any atom is -0.444 e. The lowest BCUT2D eigenvalue weighted by molar-refractivity contribution is 0.0393. The molecule has 0 aromatic heterocycles. The summed E-state index contributed by atoms with van der Waals surface area (Å²) >= 11 is 0. The number of aliphatic hydroxyl groups is 1. The first-order valence-electron chi connectivity index (χ1n) is 5.79. The van der Waals surface area contributed by atoms with Gasteiger partial charge in [0.1, 0.15) is 5.60 Å². The van der Waals surface area contributed by atoms with Crippen molar-refractivity contribution in [2.75, 3.05) is 6.54 Å². The van der Waals surface area contributed by atoms with E-state index in [9.17, 15) is 9.90 Å². The predicted octanol–water partition coefficient (Wildman–Crippen LogP) is 2.45. The highest BCUT2D eigenvalue weighted by molar-refractivity contribution is 5.67. The fourth-order valence-corrected chi connectivity index (χ4v) is 0.603. The van der Waals surface area contributed by atoms with E-state index in [-0.39, 0.29) is 6.54 Å². The van der Waals surface area contributed by atoms with Crippen LogP contribution in [0.5, 0.6) is 0 Å². The smallest absolute Gasteiger partial charge is 0.407 e. The van der Waals surface area contributed by atoms with Gasteiger partial charge in [0.15, 0.2) is 0 Å². The third kappa shape index (κ3) is 15.7. The molecule has 0 bridgehead atoms. The van der Waals surface area contributed by atoms with Crippen LogP contribution < -0.4 is 5.32 Å². The van der Waals surface area contributed by atoms with Crippen molar-refractivity contribution in [1.29, 1.82) is 0 Å². The fourth-order valence-electron chi connectivity index (χ4n) is 0.603. The highest BCUT2D eigenvalue weighted by Gasteiger charge is 2.18. The number of carbonyl (C=O) groups excluding carboxylic acids is 1. The van der Waals surface area contributed by atoms with Gasteiger partial charge in [-0.05, 0) is 34.6 Å². The maximum Gasteiger partial charge on any atom is 0.407 e. The molecule has 0 aliphatic heterocycles. The second kappa shape index (κ2) is 6.09. The molecule has 4 heteroatoms. The highest BCUT2D eigenvalue weighted by atomic mass is 16.6. The van der Waals surface area contributed by atoms with E-state index < -0.39 is 17.3 Å². The number of carbonyl (C=O) groups is 1. The quantitative estimate of drug-likeness (QED) is 0.767. The largest absolute Gasteiger partial charge is 0.444 e. The van der Waals surface area contributed by atoms with E-state index in [2.05, 4.69) is 5.32 Å². The Morgan fingerprint density at radius 2 is 1.62 bits per heavy atom. The molecule has 1 aliphatic carbocycles. The lowest BCUT2D eigenvalue weighted by Crippen LogP contribution is -2.40. The van der Waals surface area contributed by atoms with E-state index in [1.165, 1.54) is 19.3 Å². The van der Waals surface area contributed by atoms with Crippen LogP contribution in [-0.4, -0.2) is 28.9 Å². The molecular formula is C12H25NO3. The summed E-state index contributed by atoms with van der Waals surface area (Å²) in [6.45, 7) is 8.78. The average molecular weight is 231 g/mol. The molecule has 1 amide bonds. The SMILES string of the molecule is C1CC1.CC(C)(O)CNC(=O)OC(C)(C)C. The Morgan fingerprint density at radius 1 is 1.19 bits per heavy atom. The van der Waals surface area contributed by atoms with E-state index >= 15 is 0 Å². The van der Waals surface area contributed by atoms with Gasteiger partial charge in [0.25, 0.3) is 0 Å². The van der Waals surface area contributed by atoms with Gasteiger partial charge in [0, 0.05) is 6.54 Å². The van der Waals surface area contributed by atoms with Crippen LogP contribution in [0.15, 0.2) is 0 Å². The second-order valence-electron chi connectivity index (χ2n) is 5.73. The van der Waals surface area contributed by atoms with Gasteiger partial charge in [-0.25, -0.2) is 4.79 Å². The minimum absolute atomic E-state index is 0.182. The van der Waals surface area contributed by atoms with E-state index in [0.717, 1.165) is 0 Å². The van der Waals surface area contributed by atoms with Crippen molar-refractivity contribution in [1.82, 2.24) is 5.32 Å². The van der Waals surface area contributed by atoms with Crippen molar-refractivity contribution in [2.24, 2.45) is 0 Å². The molecule has 0 aromatic rings. The molecule has 0 spiro atoms. The lowest BCUT2D eigenvalue weighted by Gasteiger charge is -2.22. The molecule has 0 unspecified atom stereocenters. The van der Waals surface area contributed by atoms with Gasteiger partial charge >= 0.3 is 6.09 Å². The maximum absolute atomic E-state index is 11.1. The monoisotopic (exact) mass is 231 g/mol. The van der Waals surface area contributed by atoms with Crippen molar-refractivity contribution in [3.8, 4) is 0 Å². The molecule has 1 aliphatic rings. The predicted molar refractivity (Wildman–Crippen MR) is 64.4 cm³/mol. The number of amides is 1. The van der Waals surface area contributed by atoms with Crippen LogP contribution in [0.3, 0.4) is 0 Å². The number of rotatable bonds is 2. The topological polar surface area (TPSA) is 58.6 Å². The Balaban J connectivity index is 0.000000635. The molecule has 96 valence electrons. The Hall–Kier alpha value is -0.770. The van der Waals surface area contributed by atoms with Crippen LogP contribution in [-0.2, 0) is 4.74 Å². The Labute approximate surface area is 98.4 Å². The summed E-state index contributed by atoms with van der Waals surface area (Å²) in [5, 5.41) is 11.8. The van der Waals surface area contributed by atoms with E-state index in [1.54, 1.807) is 34.6 Å². The molecule has 1 fully saturated rings. The lowest BCUT2D eigenvalue weighted by atomic mass is 10.1.